The van der Waals surface area contributed by atoms with Gasteiger partial charge in [0.15, 0.2) is 0 Å². The Morgan fingerprint density at radius 3 is 2.33 bits per heavy atom. The van der Waals surface area contributed by atoms with Gasteiger partial charge in [0.25, 0.3) is 0 Å². The zero-order valence-corrected chi connectivity index (χ0v) is 14.2. The van der Waals surface area contributed by atoms with Gasteiger partial charge in [0.1, 0.15) is 0 Å². The van der Waals surface area contributed by atoms with Crippen molar-refractivity contribution in [1.82, 2.24) is 20.0 Å². The molecule has 2 aliphatic rings. The minimum Gasteiger partial charge on any atom is -0.344 e. The zero-order chi connectivity index (χ0) is 15.5. The summed E-state index contributed by atoms with van der Waals surface area (Å²) >= 11 is 0. The van der Waals surface area contributed by atoms with Crippen LogP contribution in [-0.2, 0) is 4.79 Å². The third kappa shape index (κ3) is 4.18. The number of piperidine rings is 1. The molecule has 2 aliphatic heterocycles. The van der Waals surface area contributed by atoms with E-state index in [4.69, 9.17) is 0 Å². The average molecular weight is 296 g/mol. The molecule has 2 heterocycles. The Hall–Kier alpha value is -0.650. The third-order valence-electron chi connectivity index (χ3n) is 5.15. The molecule has 0 aliphatic carbocycles. The van der Waals surface area contributed by atoms with E-state index in [-0.39, 0.29) is 11.4 Å². The van der Waals surface area contributed by atoms with E-state index in [1.807, 2.05) is 11.9 Å². The van der Waals surface area contributed by atoms with Gasteiger partial charge in [-0.3, -0.25) is 9.69 Å². The van der Waals surface area contributed by atoms with Crippen LogP contribution in [0.1, 0.15) is 26.7 Å². The second kappa shape index (κ2) is 7.07. The van der Waals surface area contributed by atoms with E-state index in [2.05, 4.69) is 36.0 Å². The van der Waals surface area contributed by atoms with Gasteiger partial charge in [0, 0.05) is 39.8 Å². The van der Waals surface area contributed by atoms with Gasteiger partial charge in [-0.2, -0.15) is 0 Å². The highest BCUT2D eigenvalue weighted by Crippen LogP contribution is 2.21. The largest absolute Gasteiger partial charge is 0.344 e. The van der Waals surface area contributed by atoms with E-state index in [9.17, 15) is 4.79 Å². The van der Waals surface area contributed by atoms with E-state index in [1.165, 1.54) is 12.8 Å². The molecule has 0 spiro atoms. The lowest BCUT2D eigenvalue weighted by atomic mass is 9.94. The van der Waals surface area contributed by atoms with Crippen LogP contribution in [0.5, 0.6) is 0 Å². The summed E-state index contributed by atoms with van der Waals surface area (Å²) in [5, 5.41) is 3.35. The molecule has 0 atom stereocenters. The molecule has 2 saturated heterocycles. The summed E-state index contributed by atoms with van der Waals surface area (Å²) in [6, 6.07) is 0. The summed E-state index contributed by atoms with van der Waals surface area (Å²) in [4.78, 5) is 19.5. The molecular weight excluding hydrogens is 264 g/mol. The summed E-state index contributed by atoms with van der Waals surface area (Å²) in [6.45, 7) is 11.3. The van der Waals surface area contributed by atoms with Crippen molar-refractivity contribution in [2.45, 2.75) is 32.2 Å². The molecule has 0 aromatic heterocycles. The fourth-order valence-corrected chi connectivity index (χ4v) is 3.54. The monoisotopic (exact) mass is 296 g/mol. The Bertz CT molecular complexity index is 344. The van der Waals surface area contributed by atoms with Crippen molar-refractivity contribution < 1.29 is 4.79 Å². The Balaban J connectivity index is 1.88. The minimum absolute atomic E-state index is 0.267. The lowest BCUT2D eigenvalue weighted by Crippen LogP contribution is -2.60. The molecule has 0 bridgehead atoms. The van der Waals surface area contributed by atoms with Crippen molar-refractivity contribution in [1.29, 1.82) is 0 Å². The number of likely N-dealkylation sites (tertiary alicyclic amines) is 1. The van der Waals surface area contributed by atoms with Crippen LogP contribution in [0.15, 0.2) is 0 Å². The zero-order valence-electron chi connectivity index (χ0n) is 14.2. The lowest BCUT2D eigenvalue weighted by Gasteiger charge is -2.42. The molecule has 0 unspecified atom stereocenters. The number of amides is 1. The molecule has 5 heteroatoms. The molecule has 21 heavy (non-hydrogen) atoms. The van der Waals surface area contributed by atoms with Crippen molar-refractivity contribution in [3.05, 3.63) is 0 Å². The molecule has 122 valence electrons. The Labute approximate surface area is 129 Å². The summed E-state index contributed by atoms with van der Waals surface area (Å²) in [5.74, 6) is 0.928. The fraction of sp³-hybridized carbons (Fsp3) is 0.938. The topological polar surface area (TPSA) is 38.8 Å². The number of hydrogen-bond donors (Lipinski definition) is 1. The maximum Gasteiger partial charge on any atom is 0.242 e. The second-order valence-electron chi connectivity index (χ2n) is 7.23. The van der Waals surface area contributed by atoms with Gasteiger partial charge in [0.2, 0.25) is 5.91 Å². The van der Waals surface area contributed by atoms with Crippen LogP contribution in [0, 0.1) is 5.92 Å². The Morgan fingerprint density at radius 1 is 1.19 bits per heavy atom. The molecule has 0 saturated carbocycles. The summed E-state index contributed by atoms with van der Waals surface area (Å²) in [7, 11) is 4.16. The van der Waals surface area contributed by atoms with E-state index in [1.54, 1.807) is 0 Å². The number of nitrogens with one attached hydrogen (secondary N) is 1. The van der Waals surface area contributed by atoms with E-state index < -0.39 is 0 Å². The highest BCUT2D eigenvalue weighted by molar-refractivity contribution is 5.85. The molecule has 1 amide bonds. The number of piperazine rings is 1. The maximum absolute atomic E-state index is 12.9. The summed E-state index contributed by atoms with van der Waals surface area (Å²) < 4.78 is 0. The van der Waals surface area contributed by atoms with Crippen LogP contribution < -0.4 is 5.32 Å². The molecule has 1 N–H and O–H groups in total. The normalized spacial score (nSPS) is 23.2. The first-order valence-electron chi connectivity index (χ1n) is 8.31. The lowest BCUT2D eigenvalue weighted by molar-refractivity contribution is -0.142. The van der Waals surface area contributed by atoms with Crippen LogP contribution in [-0.4, -0.2) is 86.1 Å². The number of hydrogen-bond acceptors (Lipinski definition) is 4. The van der Waals surface area contributed by atoms with Gasteiger partial charge < -0.3 is 15.1 Å². The Kier molecular flexibility index (Phi) is 5.63. The number of nitrogens with zero attached hydrogens (tertiary/aromatic N) is 3. The van der Waals surface area contributed by atoms with Crippen molar-refractivity contribution in [3.8, 4) is 0 Å². The van der Waals surface area contributed by atoms with Crippen molar-refractivity contribution in [2.24, 2.45) is 5.92 Å². The quantitative estimate of drug-likeness (QED) is 0.818. The molecule has 0 radical (unpaired) electrons. The first-order chi connectivity index (χ1) is 9.91. The third-order valence-corrected chi connectivity index (χ3v) is 5.15. The first-order valence-corrected chi connectivity index (χ1v) is 8.31. The average Bonchev–Trinajstić information content (AvgIpc) is 2.49. The van der Waals surface area contributed by atoms with Gasteiger partial charge in [-0.05, 0) is 52.7 Å². The first kappa shape index (κ1) is 16.7. The highest BCUT2D eigenvalue weighted by atomic mass is 16.2. The van der Waals surface area contributed by atoms with Crippen molar-refractivity contribution in [3.63, 3.8) is 0 Å². The predicted molar refractivity (Wildman–Crippen MR) is 86.4 cm³/mol. The van der Waals surface area contributed by atoms with E-state index in [0.29, 0.717) is 5.92 Å². The highest BCUT2D eigenvalue weighted by Gasteiger charge is 2.37. The van der Waals surface area contributed by atoms with Gasteiger partial charge in [-0.15, -0.1) is 0 Å². The molecule has 0 aromatic carbocycles. The number of carbonyl (C=O) groups excluding carboxylic acids is 1. The molecule has 5 nitrogen and oxygen atoms in total. The van der Waals surface area contributed by atoms with Gasteiger partial charge in [0.05, 0.1) is 5.54 Å². The standard InChI is InChI=1S/C16H32N4O/c1-16(2,20-11-7-17-8-12-20)15(21)19(4)13-14-5-9-18(3)10-6-14/h14,17H,5-13H2,1-4H3. The number of likely N-dealkylation sites (N-methyl/N-ethyl adjacent to an activating group) is 1. The van der Waals surface area contributed by atoms with E-state index >= 15 is 0 Å². The fourth-order valence-electron chi connectivity index (χ4n) is 3.54. The molecule has 2 fully saturated rings. The van der Waals surface area contributed by atoms with Crippen LogP contribution in [0.3, 0.4) is 0 Å². The second-order valence-corrected chi connectivity index (χ2v) is 7.23. The van der Waals surface area contributed by atoms with Crippen molar-refractivity contribution >= 4 is 5.91 Å². The SMILES string of the molecule is CN1CCC(CN(C)C(=O)C(C)(C)N2CCNCC2)CC1. The summed E-state index contributed by atoms with van der Waals surface area (Å²) in [5.41, 5.74) is -0.387. The van der Waals surface area contributed by atoms with Crippen LogP contribution in [0.25, 0.3) is 0 Å². The van der Waals surface area contributed by atoms with Gasteiger partial charge in [-0.1, -0.05) is 0 Å². The van der Waals surface area contributed by atoms with Crippen LogP contribution >= 0.6 is 0 Å². The van der Waals surface area contributed by atoms with Crippen LogP contribution in [0.4, 0.5) is 0 Å². The molecular formula is C16H32N4O. The predicted octanol–water partition coefficient (Wildman–Crippen LogP) is 0.470. The number of carbonyl (C=O) groups is 1. The van der Waals surface area contributed by atoms with Crippen LogP contribution in [0.2, 0.25) is 0 Å². The van der Waals surface area contributed by atoms with Gasteiger partial charge in [-0.25, -0.2) is 0 Å². The Morgan fingerprint density at radius 2 is 1.76 bits per heavy atom. The molecule has 0 aromatic rings. The summed E-state index contributed by atoms with van der Waals surface area (Å²) in [6.07, 6.45) is 2.42. The van der Waals surface area contributed by atoms with Crippen molar-refractivity contribution in [2.75, 3.05) is 59.9 Å². The molecule has 2 rings (SSSR count). The van der Waals surface area contributed by atoms with Gasteiger partial charge >= 0.3 is 0 Å². The van der Waals surface area contributed by atoms with E-state index in [0.717, 1.165) is 45.8 Å². The maximum atomic E-state index is 12.9. The minimum atomic E-state index is -0.387. The smallest absolute Gasteiger partial charge is 0.242 e. The number of rotatable bonds is 4.